The van der Waals surface area contributed by atoms with Crippen molar-refractivity contribution in [2.75, 3.05) is 46.8 Å². The molecule has 4 rings (SSSR count). The molecule has 0 unspecified atom stereocenters. The Bertz CT molecular complexity index is 1110. The number of halogens is 3. The number of nitrogens with zero attached hydrogens (tertiary/aromatic N) is 2. The number of methoxy groups -OCH3 is 1. The highest BCUT2D eigenvalue weighted by atomic mass is 19.4. The van der Waals surface area contributed by atoms with Crippen molar-refractivity contribution < 1.29 is 46.4 Å². The average Bonchev–Trinajstić information content (AvgIpc) is 3.33. The molecule has 0 spiro atoms. The largest absolute Gasteiger partial charge is 0.522 e. The zero-order valence-corrected chi connectivity index (χ0v) is 21.5. The van der Waals surface area contributed by atoms with E-state index in [0.29, 0.717) is 42.6 Å². The van der Waals surface area contributed by atoms with Crippen LogP contribution in [-0.2, 0) is 19.8 Å². The molecule has 12 heteroatoms. The summed E-state index contributed by atoms with van der Waals surface area (Å²) in [5, 5.41) is 0. The number of amides is 1. The molecule has 2 aliphatic heterocycles. The van der Waals surface area contributed by atoms with Gasteiger partial charge in [0.1, 0.15) is 25.1 Å². The minimum absolute atomic E-state index is 0.0867. The first-order valence-corrected chi connectivity index (χ1v) is 12.3. The highest BCUT2D eigenvalue weighted by Gasteiger charge is 2.52. The van der Waals surface area contributed by atoms with Crippen LogP contribution in [0.15, 0.2) is 36.4 Å². The number of rotatable bonds is 10. The number of fused-ring (bicyclic) bond motifs is 1. The maximum Gasteiger partial charge on any atom is 0.522 e. The zero-order chi connectivity index (χ0) is 27.3. The van der Waals surface area contributed by atoms with Gasteiger partial charge < -0.3 is 28.6 Å². The topological polar surface area (TPSA) is 88.6 Å². The lowest BCUT2D eigenvalue weighted by Gasteiger charge is -2.41. The van der Waals surface area contributed by atoms with Gasteiger partial charge in [-0.05, 0) is 30.2 Å². The summed E-state index contributed by atoms with van der Waals surface area (Å²) in [5.74, 6) is 1.04. The predicted octanol–water partition coefficient (Wildman–Crippen LogP) is 4.15. The van der Waals surface area contributed by atoms with E-state index in [1.807, 2.05) is 12.1 Å². The predicted molar refractivity (Wildman–Crippen MR) is 128 cm³/mol. The van der Waals surface area contributed by atoms with E-state index in [1.165, 1.54) is 25.3 Å². The zero-order valence-electron chi connectivity index (χ0n) is 21.5. The molecular formula is C26H31F3N2O7. The molecule has 1 amide bonds. The number of piperidine rings is 1. The van der Waals surface area contributed by atoms with Gasteiger partial charge in [-0.2, -0.15) is 0 Å². The molecule has 0 N–H and O–H groups in total. The Morgan fingerprint density at radius 2 is 2.00 bits per heavy atom. The maximum absolute atomic E-state index is 13.3. The Morgan fingerprint density at radius 3 is 2.74 bits per heavy atom. The van der Waals surface area contributed by atoms with Gasteiger partial charge in [-0.3, -0.25) is 9.53 Å². The van der Waals surface area contributed by atoms with Crippen molar-refractivity contribution in [2.24, 2.45) is 5.92 Å². The third kappa shape index (κ3) is 6.48. The first-order chi connectivity index (χ1) is 18.1. The van der Waals surface area contributed by atoms with Crippen LogP contribution >= 0.6 is 0 Å². The number of pyridine rings is 1. The number of benzene rings is 1. The third-order valence-corrected chi connectivity index (χ3v) is 6.27. The number of alkyl halides is 3. The molecule has 2 atom stereocenters. The lowest BCUT2D eigenvalue weighted by molar-refractivity contribution is -0.325. The fourth-order valence-electron chi connectivity index (χ4n) is 4.42. The summed E-state index contributed by atoms with van der Waals surface area (Å²) in [7, 11) is 1.38. The van der Waals surface area contributed by atoms with Crippen LogP contribution in [0.25, 0.3) is 0 Å². The quantitative estimate of drug-likeness (QED) is 0.416. The van der Waals surface area contributed by atoms with Crippen LogP contribution in [-0.4, -0.2) is 75.1 Å². The van der Waals surface area contributed by atoms with Crippen LogP contribution in [0.1, 0.15) is 36.3 Å². The summed E-state index contributed by atoms with van der Waals surface area (Å²) >= 11 is 0. The lowest BCUT2D eigenvalue weighted by atomic mass is 9.85. The SMILES string of the molecule is COc1cc(C(=O)N2CC[C@]3(c4cccc(OCC(C)C)n4)OCO[C@@H]3C2)ccc1OCCOC(F)(F)F. The van der Waals surface area contributed by atoms with Crippen molar-refractivity contribution in [3.63, 3.8) is 0 Å². The van der Waals surface area contributed by atoms with Crippen molar-refractivity contribution in [1.82, 2.24) is 9.88 Å². The van der Waals surface area contributed by atoms with E-state index in [9.17, 15) is 18.0 Å². The molecule has 38 heavy (non-hydrogen) atoms. The molecule has 2 aromatic rings. The number of hydrogen-bond acceptors (Lipinski definition) is 8. The number of carbonyl (C=O) groups excluding carboxylic acids is 1. The molecule has 0 saturated carbocycles. The number of aromatic nitrogens is 1. The van der Waals surface area contributed by atoms with Crippen LogP contribution in [0, 0.1) is 5.92 Å². The Labute approximate surface area is 218 Å². The standard InChI is InChI=1S/C26H31F3N2O7/c1-17(2)15-35-23-6-4-5-21(30-23)25-9-10-31(14-22(25)36-16-38-25)24(32)18-7-8-19(20(13-18)33-3)34-11-12-37-26(27,28)29/h4-8,13,17,22H,9-12,14-16H2,1-3H3/t22-,25-/m1/s1. The lowest BCUT2D eigenvalue weighted by Crippen LogP contribution is -2.53. The monoisotopic (exact) mass is 540 g/mol. The van der Waals surface area contributed by atoms with Gasteiger partial charge in [0.25, 0.3) is 5.91 Å². The van der Waals surface area contributed by atoms with Gasteiger partial charge in [-0.25, -0.2) is 4.98 Å². The van der Waals surface area contributed by atoms with Gasteiger partial charge in [0.2, 0.25) is 5.88 Å². The minimum Gasteiger partial charge on any atom is -0.493 e. The van der Waals surface area contributed by atoms with Gasteiger partial charge in [0, 0.05) is 24.6 Å². The molecule has 208 valence electrons. The van der Waals surface area contributed by atoms with Gasteiger partial charge in [-0.15, -0.1) is 13.2 Å². The van der Waals surface area contributed by atoms with Crippen molar-refractivity contribution in [3.05, 3.63) is 47.7 Å². The van der Waals surface area contributed by atoms with Crippen molar-refractivity contribution in [1.29, 1.82) is 0 Å². The van der Waals surface area contributed by atoms with Gasteiger partial charge in [0.15, 0.2) is 11.5 Å². The average molecular weight is 541 g/mol. The molecule has 2 saturated heterocycles. The Hall–Kier alpha value is -3.09. The minimum atomic E-state index is -4.73. The Balaban J connectivity index is 1.42. The summed E-state index contributed by atoms with van der Waals surface area (Å²) in [6.07, 6.45) is -4.68. The van der Waals surface area contributed by atoms with E-state index < -0.39 is 24.7 Å². The first-order valence-electron chi connectivity index (χ1n) is 12.3. The van der Waals surface area contributed by atoms with Gasteiger partial charge >= 0.3 is 6.36 Å². The number of ether oxygens (including phenoxy) is 6. The number of hydrogen-bond donors (Lipinski definition) is 0. The van der Waals surface area contributed by atoms with E-state index in [1.54, 1.807) is 11.0 Å². The molecule has 3 heterocycles. The van der Waals surface area contributed by atoms with Crippen LogP contribution in [0.4, 0.5) is 13.2 Å². The van der Waals surface area contributed by atoms with Crippen molar-refractivity contribution in [2.45, 2.75) is 38.3 Å². The fraction of sp³-hybridized carbons (Fsp3) is 0.538. The summed E-state index contributed by atoms with van der Waals surface area (Å²) in [5.41, 5.74) is 0.252. The molecular weight excluding hydrogens is 509 g/mol. The Morgan fingerprint density at radius 1 is 1.18 bits per heavy atom. The second-order valence-corrected chi connectivity index (χ2v) is 9.38. The summed E-state index contributed by atoms with van der Waals surface area (Å²) in [6.45, 7) is 4.42. The number of carbonyl (C=O) groups is 1. The van der Waals surface area contributed by atoms with E-state index in [0.717, 1.165) is 0 Å². The molecule has 2 aliphatic rings. The summed E-state index contributed by atoms with van der Waals surface area (Å²) in [4.78, 5) is 19.7. The van der Waals surface area contributed by atoms with Crippen molar-refractivity contribution in [3.8, 4) is 17.4 Å². The van der Waals surface area contributed by atoms with Crippen LogP contribution in [0.2, 0.25) is 0 Å². The van der Waals surface area contributed by atoms with Crippen molar-refractivity contribution >= 4 is 5.91 Å². The fourth-order valence-corrected chi connectivity index (χ4v) is 4.42. The summed E-state index contributed by atoms with van der Waals surface area (Å²) in [6, 6.07) is 10.1. The van der Waals surface area contributed by atoms with Gasteiger partial charge in [-0.1, -0.05) is 19.9 Å². The molecule has 9 nitrogen and oxygen atoms in total. The molecule has 0 radical (unpaired) electrons. The van der Waals surface area contributed by atoms with Crippen LogP contribution in [0.3, 0.4) is 0 Å². The highest BCUT2D eigenvalue weighted by molar-refractivity contribution is 5.95. The number of likely N-dealkylation sites (tertiary alicyclic amines) is 1. The molecule has 1 aromatic carbocycles. The Kier molecular flexibility index (Phi) is 8.64. The van der Waals surface area contributed by atoms with E-state index in [4.69, 9.17) is 23.7 Å². The van der Waals surface area contributed by atoms with Crippen LogP contribution in [0.5, 0.6) is 17.4 Å². The smallest absolute Gasteiger partial charge is 0.493 e. The second-order valence-electron chi connectivity index (χ2n) is 9.38. The maximum atomic E-state index is 13.3. The second kappa shape index (κ2) is 11.7. The first kappa shape index (κ1) is 27.9. The van der Waals surface area contributed by atoms with Gasteiger partial charge in [0.05, 0.1) is 32.6 Å². The molecule has 1 aromatic heterocycles. The normalized spacial score (nSPS) is 21.3. The highest BCUT2D eigenvalue weighted by Crippen LogP contribution is 2.42. The molecule has 2 fully saturated rings. The summed E-state index contributed by atoms with van der Waals surface area (Å²) < 4.78 is 68.5. The van der Waals surface area contributed by atoms with E-state index in [-0.39, 0.29) is 37.4 Å². The molecule has 0 aliphatic carbocycles. The van der Waals surface area contributed by atoms with E-state index >= 15 is 0 Å². The molecule has 0 bridgehead atoms. The van der Waals surface area contributed by atoms with Crippen LogP contribution < -0.4 is 14.2 Å². The van der Waals surface area contributed by atoms with E-state index in [2.05, 4.69) is 23.6 Å². The third-order valence-electron chi connectivity index (χ3n) is 6.27.